The highest BCUT2D eigenvalue weighted by molar-refractivity contribution is 5.81. The van der Waals surface area contributed by atoms with Crippen LogP contribution >= 0.6 is 0 Å². The summed E-state index contributed by atoms with van der Waals surface area (Å²) in [6.45, 7) is 4.65. The van der Waals surface area contributed by atoms with E-state index in [4.69, 9.17) is 4.74 Å². The van der Waals surface area contributed by atoms with Gasteiger partial charge in [0.05, 0.1) is 25.7 Å². The van der Waals surface area contributed by atoms with Crippen molar-refractivity contribution in [1.82, 2.24) is 20.2 Å². The summed E-state index contributed by atoms with van der Waals surface area (Å²) in [5.74, 6) is 0.319. The molecule has 0 bridgehead atoms. The number of aromatic nitrogens is 2. The van der Waals surface area contributed by atoms with Crippen molar-refractivity contribution in [2.45, 2.75) is 64.5 Å². The number of aromatic amines is 1. The van der Waals surface area contributed by atoms with Gasteiger partial charge in [0, 0.05) is 30.3 Å². The van der Waals surface area contributed by atoms with Crippen LogP contribution in [0.5, 0.6) is 0 Å². The van der Waals surface area contributed by atoms with Crippen LogP contribution in [0.1, 0.15) is 49.2 Å². The fourth-order valence-corrected chi connectivity index (χ4v) is 3.94. The molecule has 2 amide bonds. The number of amides is 2. The zero-order chi connectivity index (χ0) is 19.4. The molecule has 27 heavy (non-hydrogen) atoms. The number of carbonyl (C=O) groups is 2. The number of nitrogens with zero attached hydrogens (tertiary/aromatic N) is 2. The Labute approximate surface area is 158 Å². The zero-order valence-electron chi connectivity index (χ0n) is 16.0. The second kappa shape index (κ2) is 8.65. The Morgan fingerprint density at radius 2 is 2.04 bits per heavy atom. The number of nitrogens with one attached hydrogen (secondary N) is 2. The van der Waals surface area contributed by atoms with E-state index < -0.39 is 0 Å². The van der Waals surface area contributed by atoms with Crippen molar-refractivity contribution < 1.29 is 14.3 Å². The minimum Gasteiger partial charge on any atom is -0.377 e. The second-order valence-electron chi connectivity index (χ2n) is 7.46. The summed E-state index contributed by atoms with van der Waals surface area (Å²) in [6, 6.07) is -0.0450. The van der Waals surface area contributed by atoms with Gasteiger partial charge < -0.3 is 19.9 Å². The first-order chi connectivity index (χ1) is 12.9. The lowest BCUT2D eigenvalue weighted by Crippen LogP contribution is -2.51. The number of rotatable bonds is 5. The lowest BCUT2D eigenvalue weighted by Gasteiger charge is -2.35. The van der Waals surface area contributed by atoms with E-state index >= 15 is 0 Å². The summed E-state index contributed by atoms with van der Waals surface area (Å²) in [5, 5.41) is 3.06. The van der Waals surface area contributed by atoms with E-state index in [9.17, 15) is 14.4 Å². The van der Waals surface area contributed by atoms with Gasteiger partial charge in [0.25, 0.3) is 5.56 Å². The first-order valence-electron chi connectivity index (χ1n) is 9.67. The highest BCUT2D eigenvalue weighted by atomic mass is 16.5. The van der Waals surface area contributed by atoms with Crippen molar-refractivity contribution in [3.63, 3.8) is 0 Å². The van der Waals surface area contributed by atoms with Crippen molar-refractivity contribution in [1.29, 1.82) is 0 Å². The Kier molecular flexibility index (Phi) is 6.26. The summed E-state index contributed by atoms with van der Waals surface area (Å²) in [5.41, 5.74) is 0.664. The van der Waals surface area contributed by atoms with E-state index in [1.54, 1.807) is 18.7 Å². The molecule has 0 unspecified atom stereocenters. The normalized spacial score (nSPS) is 20.7. The molecule has 148 valence electrons. The number of H-pyrrole nitrogens is 1. The van der Waals surface area contributed by atoms with Gasteiger partial charge in [0.1, 0.15) is 5.82 Å². The summed E-state index contributed by atoms with van der Waals surface area (Å²) < 4.78 is 5.49. The van der Waals surface area contributed by atoms with Gasteiger partial charge in [0.2, 0.25) is 11.8 Å². The van der Waals surface area contributed by atoms with Crippen LogP contribution in [0, 0.1) is 13.8 Å². The highest BCUT2D eigenvalue weighted by Gasteiger charge is 2.30. The molecular formula is C19H28N4O4. The molecule has 0 spiro atoms. The fourth-order valence-electron chi connectivity index (χ4n) is 3.94. The number of morpholine rings is 1. The van der Waals surface area contributed by atoms with Crippen LogP contribution in [0.3, 0.4) is 0 Å². The molecule has 3 rings (SSSR count). The maximum absolute atomic E-state index is 12.9. The van der Waals surface area contributed by atoms with Crippen LogP contribution in [0.15, 0.2) is 4.79 Å². The van der Waals surface area contributed by atoms with Gasteiger partial charge >= 0.3 is 0 Å². The Morgan fingerprint density at radius 1 is 1.30 bits per heavy atom. The molecule has 2 aliphatic rings. The van der Waals surface area contributed by atoms with Crippen molar-refractivity contribution >= 4 is 11.8 Å². The van der Waals surface area contributed by atoms with Crippen molar-refractivity contribution in [3.05, 3.63) is 27.4 Å². The van der Waals surface area contributed by atoms with Gasteiger partial charge in [-0.3, -0.25) is 14.4 Å². The molecule has 1 atom stereocenters. The van der Waals surface area contributed by atoms with Gasteiger partial charge in [-0.15, -0.1) is 0 Å². The summed E-state index contributed by atoms with van der Waals surface area (Å²) in [7, 11) is 0. The number of ether oxygens (including phenoxy) is 1. The Hall–Kier alpha value is -2.22. The van der Waals surface area contributed by atoms with E-state index in [2.05, 4.69) is 15.3 Å². The molecule has 0 aromatic carbocycles. The maximum Gasteiger partial charge on any atom is 0.254 e. The molecule has 1 aromatic heterocycles. The van der Waals surface area contributed by atoms with Gasteiger partial charge in [-0.1, -0.05) is 12.8 Å². The van der Waals surface area contributed by atoms with Crippen LogP contribution in [-0.4, -0.2) is 58.5 Å². The van der Waals surface area contributed by atoms with Gasteiger partial charge in [0.15, 0.2) is 0 Å². The Morgan fingerprint density at radius 3 is 2.74 bits per heavy atom. The number of hydrogen-bond donors (Lipinski definition) is 2. The van der Waals surface area contributed by atoms with E-state index in [0.717, 1.165) is 25.7 Å². The van der Waals surface area contributed by atoms with E-state index in [1.165, 1.54) is 0 Å². The first kappa shape index (κ1) is 19.5. The second-order valence-corrected chi connectivity index (χ2v) is 7.46. The SMILES string of the molecule is Cc1nc(C)c(CC(=O)N2CCOC[C@H]2CC(=O)NC2CCCC2)c(=O)[nH]1. The first-order valence-corrected chi connectivity index (χ1v) is 9.67. The standard InChI is InChI=1S/C19H28N4O4/c1-12-16(19(26)21-13(2)20-12)10-18(25)23-7-8-27-11-15(23)9-17(24)22-14-5-3-4-6-14/h14-15H,3-11H2,1-2H3,(H,22,24)(H,20,21,26)/t15-/m1/s1. The summed E-state index contributed by atoms with van der Waals surface area (Å²) in [6.07, 6.45) is 4.57. The van der Waals surface area contributed by atoms with Crippen molar-refractivity contribution in [2.75, 3.05) is 19.8 Å². The highest BCUT2D eigenvalue weighted by Crippen LogP contribution is 2.19. The molecule has 2 N–H and O–H groups in total. The average Bonchev–Trinajstić information content (AvgIpc) is 3.11. The molecule has 1 saturated heterocycles. The number of hydrogen-bond acceptors (Lipinski definition) is 5. The van der Waals surface area contributed by atoms with Crippen LogP contribution in [-0.2, 0) is 20.7 Å². The number of aryl methyl sites for hydroxylation is 2. The summed E-state index contributed by atoms with van der Waals surface area (Å²) >= 11 is 0. The van der Waals surface area contributed by atoms with Gasteiger partial charge in [-0.05, 0) is 26.7 Å². The molecule has 1 aliphatic carbocycles. The zero-order valence-corrected chi connectivity index (χ0v) is 16.0. The quantitative estimate of drug-likeness (QED) is 0.783. The maximum atomic E-state index is 12.9. The average molecular weight is 376 g/mol. The minimum absolute atomic E-state index is 0.0187. The van der Waals surface area contributed by atoms with E-state index in [0.29, 0.717) is 36.8 Å². The predicted octanol–water partition coefficient (Wildman–Crippen LogP) is 0.606. The molecule has 0 radical (unpaired) electrons. The molecule has 1 aromatic rings. The third kappa shape index (κ3) is 4.94. The van der Waals surface area contributed by atoms with Crippen LogP contribution in [0.2, 0.25) is 0 Å². The van der Waals surface area contributed by atoms with E-state index in [-0.39, 0.29) is 42.3 Å². The smallest absolute Gasteiger partial charge is 0.254 e. The lowest BCUT2D eigenvalue weighted by atomic mass is 10.1. The molecule has 2 fully saturated rings. The van der Waals surface area contributed by atoms with Crippen LogP contribution < -0.4 is 10.9 Å². The van der Waals surface area contributed by atoms with Crippen LogP contribution in [0.4, 0.5) is 0 Å². The topological polar surface area (TPSA) is 104 Å². The van der Waals surface area contributed by atoms with Gasteiger partial charge in [-0.2, -0.15) is 0 Å². The third-order valence-electron chi connectivity index (χ3n) is 5.36. The molecule has 8 heteroatoms. The number of carbonyl (C=O) groups excluding carboxylic acids is 2. The van der Waals surface area contributed by atoms with E-state index in [1.807, 2.05) is 0 Å². The molecule has 8 nitrogen and oxygen atoms in total. The van der Waals surface area contributed by atoms with Gasteiger partial charge in [-0.25, -0.2) is 4.98 Å². The monoisotopic (exact) mass is 376 g/mol. The Balaban J connectivity index is 1.64. The Bertz CT molecular complexity index is 755. The molecule has 1 saturated carbocycles. The van der Waals surface area contributed by atoms with Crippen molar-refractivity contribution in [3.8, 4) is 0 Å². The van der Waals surface area contributed by atoms with Crippen molar-refractivity contribution in [2.24, 2.45) is 0 Å². The predicted molar refractivity (Wildman–Crippen MR) is 99.4 cm³/mol. The van der Waals surface area contributed by atoms with Crippen LogP contribution in [0.25, 0.3) is 0 Å². The largest absolute Gasteiger partial charge is 0.377 e. The molecule has 1 aliphatic heterocycles. The summed E-state index contributed by atoms with van der Waals surface area (Å²) in [4.78, 5) is 46.0. The third-order valence-corrected chi connectivity index (χ3v) is 5.36. The minimum atomic E-state index is -0.301. The molecular weight excluding hydrogens is 348 g/mol. The molecule has 2 heterocycles. The lowest BCUT2D eigenvalue weighted by molar-refractivity contribution is -0.141. The fraction of sp³-hybridized carbons (Fsp3) is 0.684.